The number of nitrogens with one attached hydrogen (secondary N) is 1. The van der Waals surface area contributed by atoms with E-state index in [-0.39, 0.29) is 5.75 Å². The standard InChI is InChI=1S/C12H15N3O2S/c13-9-11-2-1-3-12(8-11)10-18(16,17)15-6-4-14-5-7-15/h1-3,8,14H,4-7,10H2. The van der Waals surface area contributed by atoms with Gasteiger partial charge >= 0.3 is 0 Å². The molecule has 5 nitrogen and oxygen atoms in total. The van der Waals surface area contributed by atoms with Crippen LogP contribution >= 0.6 is 0 Å². The molecule has 0 aliphatic carbocycles. The fraction of sp³-hybridized carbons (Fsp3) is 0.417. The van der Waals surface area contributed by atoms with Crippen LogP contribution in [0.15, 0.2) is 24.3 Å². The molecule has 2 rings (SSSR count). The predicted molar refractivity (Wildman–Crippen MR) is 68.2 cm³/mol. The first-order valence-corrected chi connectivity index (χ1v) is 7.40. The van der Waals surface area contributed by atoms with Gasteiger partial charge in [0.25, 0.3) is 0 Å². The molecule has 1 N–H and O–H groups in total. The van der Waals surface area contributed by atoms with Gasteiger partial charge < -0.3 is 5.32 Å². The Morgan fingerprint density at radius 2 is 2.06 bits per heavy atom. The third-order valence-electron chi connectivity index (χ3n) is 2.87. The Bertz CT molecular complexity index is 557. The Morgan fingerprint density at radius 1 is 1.33 bits per heavy atom. The Morgan fingerprint density at radius 3 is 2.72 bits per heavy atom. The van der Waals surface area contributed by atoms with Crippen molar-refractivity contribution in [3.8, 4) is 6.07 Å². The molecule has 0 saturated carbocycles. The summed E-state index contributed by atoms with van der Waals surface area (Å²) in [6.07, 6.45) is 0. The molecule has 1 aromatic carbocycles. The minimum Gasteiger partial charge on any atom is -0.314 e. The average Bonchev–Trinajstić information content (AvgIpc) is 2.39. The molecule has 6 heteroatoms. The fourth-order valence-corrected chi connectivity index (χ4v) is 3.48. The second-order valence-electron chi connectivity index (χ2n) is 4.22. The van der Waals surface area contributed by atoms with Crippen LogP contribution in [0.5, 0.6) is 0 Å². The Kier molecular flexibility index (Phi) is 3.97. The molecular formula is C12H15N3O2S. The van der Waals surface area contributed by atoms with Crippen LogP contribution in [0.3, 0.4) is 0 Å². The SMILES string of the molecule is N#Cc1cccc(CS(=O)(=O)N2CCNCC2)c1. The van der Waals surface area contributed by atoms with E-state index in [0.717, 1.165) is 0 Å². The average molecular weight is 265 g/mol. The van der Waals surface area contributed by atoms with Crippen molar-refractivity contribution < 1.29 is 8.42 Å². The topological polar surface area (TPSA) is 73.2 Å². The zero-order chi connectivity index (χ0) is 13.0. The van der Waals surface area contributed by atoms with Gasteiger partial charge in [-0.1, -0.05) is 12.1 Å². The normalized spacial score (nSPS) is 17.3. The summed E-state index contributed by atoms with van der Waals surface area (Å²) in [6.45, 7) is 2.41. The van der Waals surface area contributed by atoms with Gasteiger partial charge in [0, 0.05) is 26.2 Å². The van der Waals surface area contributed by atoms with Crippen molar-refractivity contribution in [3.05, 3.63) is 35.4 Å². The number of hydrogen-bond donors (Lipinski definition) is 1. The summed E-state index contributed by atoms with van der Waals surface area (Å²) in [5.41, 5.74) is 1.15. The highest BCUT2D eigenvalue weighted by Gasteiger charge is 2.23. The van der Waals surface area contributed by atoms with Crippen LogP contribution < -0.4 is 5.32 Å². The largest absolute Gasteiger partial charge is 0.314 e. The molecule has 1 aromatic rings. The van der Waals surface area contributed by atoms with Crippen LogP contribution in [0.2, 0.25) is 0 Å². The summed E-state index contributed by atoms with van der Waals surface area (Å²) >= 11 is 0. The van der Waals surface area contributed by atoms with E-state index in [1.165, 1.54) is 4.31 Å². The highest BCUT2D eigenvalue weighted by Crippen LogP contribution is 2.13. The van der Waals surface area contributed by atoms with Crippen molar-refractivity contribution in [3.63, 3.8) is 0 Å². The van der Waals surface area contributed by atoms with Crippen molar-refractivity contribution in [2.45, 2.75) is 5.75 Å². The van der Waals surface area contributed by atoms with Gasteiger partial charge in [0.1, 0.15) is 0 Å². The summed E-state index contributed by atoms with van der Waals surface area (Å²) in [5.74, 6) is -0.0392. The molecule has 1 heterocycles. The zero-order valence-electron chi connectivity index (χ0n) is 9.96. The van der Waals surface area contributed by atoms with Gasteiger partial charge in [-0.25, -0.2) is 8.42 Å². The number of nitrogens with zero attached hydrogens (tertiary/aromatic N) is 2. The van der Waals surface area contributed by atoms with Gasteiger partial charge in [-0.3, -0.25) is 0 Å². The highest BCUT2D eigenvalue weighted by atomic mass is 32.2. The van der Waals surface area contributed by atoms with Crippen LogP contribution in [-0.4, -0.2) is 38.9 Å². The maximum atomic E-state index is 12.2. The van der Waals surface area contributed by atoms with Gasteiger partial charge in [-0.05, 0) is 17.7 Å². The third kappa shape index (κ3) is 3.07. The molecule has 1 saturated heterocycles. The lowest BCUT2D eigenvalue weighted by Crippen LogP contribution is -2.46. The van der Waals surface area contributed by atoms with E-state index in [9.17, 15) is 8.42 Å². The van der Waals surface area contributed by atoms with Gasteiger partial charge in [-0.2, -0.15) is 9.57 Å². The van der Waals surface area contributed by atoms with Crippen LogP contribution in [-0.2, 0) is 15.8 Å². The van der Waals surface area contributed by atoms with Crippen molar-refractivity contribution in [1.82, 2.24) is 9.62 Å². The van der Waals surface area contributed by atoms with Crippen molar-refractivity contribution in [1.29, 1.82) is 5.26 Å². The molecule has 0 aromatic heterocycles. The molecule has 0 atom stereocenters. The number of benzene rings is 1. The summed E-state index contributed by atoms with van der Waals surface area (Å²) in [4.78, 5) is 0. The van der Waals surface area contributed by atoms with E-state index in [2.05, 4.69) is 5.32 Å². The van der Waals surface area contributed by atoms with Gasteiger partial charge in [0.15, 0.2) is 0 Å². The number of nitriles is 1. The van der Waals surface area contributed by atoms with Crippen LogP contribution in [0, 0.1) is 11.3 Å². The van der Waals surface area contributed by atoms with Crippen molar-refractivity contribution in [2.75, 3.05) is 26.2 Å². The highest BCUT2D eigenvalue weighted by molar-refractivity contribution is 7.88. The van der Waals surface area contributed by atoms with E-state index in [0.29, 0.717) is 37.3 Å². The smallest absolute Gasteiger partial charge is 0.218 e. The molecule has 0 amide bonds. The maximum absolute atomic E-state index is 12.2. The lowest BCUT2D eigenvalue weighted by molar-refractivity contribution is 0.360. The van der Waals surface area contributed by atoms with E-state index in [4.69, 9.17) is 5.26 Å². The van der Waals surface area contributed by atoms with E-state index < -0.39 is 10.0 Å². The monoisotopic (exact) mass is 265 g/mol. The number of rotatable bonds is 3. The Labute approximate surface area is 107 Å². The molecule has 0 spiro atoms. The van der Waals surface area contributed by atoms with E-state index in [1.54, 1.807) is 24.3 Å². The summed E-state index contributed by atoms with van der Waals surface area (Å²) in [5, 5.41) is 11.9. The van der Waals surface area contributed by atoms with Crippen molar-refractivity contribution >= 4 is 10.0 Å². The number of sulfonamides is 1. The van der Waals surface area contributed by atoms with E-state index >= 15 is 0 Å². The fourth-order valence-electron chi connectivity index (χ4n) is 1.96. The first kappa shape index (κ1) is 13.0. The zero-order valence-corrected chi connectivity index (χ0v) is 10.8. The first-order chi connectivity index (χ1) is 8.62. The molecule has 1 fully saturated rings. The van der Waals surface area contributed by atoms with E-state index in [1.807, 2.05) is 6.07 Å². The molecule has 0 unspecified atom stereocenters. The lowest BCUT2D eigenvalue weighted by Gasteiger charge is -2.26. The summed E-state index contributed by atoms with van der Waals surface area (Å²) < 4.78 is 25.8. The Hall–Kier alpha value is -1.42. The molecule has 0 bridgehead atoms. The van der Waals surface area contributed by atoms with Gasteiger partial charge in [0.2, 0.25) is 10.0 Å². The molecule has 1 aliphatic heterocycles. The van der Waals surface area contributed by atoms with Gasteiger partial charge in [0.05, 0.1) is 17.4 Å². The maximum Gasteiger partial charge on any atom is 0.218 e. The number of hydrogen-bond acceptors (Lipinski definition) is 4. The minimum absolute atomic E-state index is 0.0392. The quantitative estimate of drug-likeness (QED) is 0.852. The third-order valence-corrected chi connectivity index (χ3v) is 4.72. The molecule has 1 aliphatic rings. The van der Waals surface area contributed by atoms with Crippen LogP contribution in [0.1, 0.15) is 11.1 Å². The first-order valence-electron chi connectivity index (χ1n) is 5.79. The molecular weight excluding hydrogens is 250 g/mol. The van der Waals surface area contributed by atoms with Gasteiger partial charge in [-0.15, -0.1) is 0 Å². The summed E-state index contributed by atoms with van der Waals surface area (Å²) in [6, 6.07) is 8.75. The van der Waals surface area contributed by atoms with Crippen LogP contribution in [0.25, 0.3) is 0 Å². The predicted octanol–water partition coefficient (Wildman–Crippen LogP) is 0.293. The second-order valence-corrected chi connectivity index (χ2v) is 6.19. The number of piperazine rings is 1. The second kappa shape index (κ2) is 5.48. The van der Waals surface area contributed by atoms with Crippen molar-refractivity contribution in [2.24, 2.45) is 0 Å². The Balaban J connectivity index is 2.14. The molecule has 96 valence electrons. The lowest BCUT2D eigenvalue weighted by atomic mass is 10.2. The minimum atomic E-state index is -3.28. The molecule has 18 heavy (non-hydrogen) atoms. The van der Waals surface area contributed by atoms with Crippen LogP contribution in [0.4, 0.5) is 0 Å². The summed E-state index contributed by atoms with van der Waals surface area (Å²) in [7, 11) is -3.28. The molecule has 0 radical (unpaired) electrons.